The Morgan fingerprint density at radius 3 is 1.81 bits per heavy atom. The van der Waals surface area contributed by atoms with E-state index in [1.54, 1.807) is 14.0 Å². The summed E-state index contributed by atoms with van der Waals surface area (Å²) in [7, 11) is 3.58. The van der Waals surface area contributed by atoms with Crippen molar-refractivity contribution in [2.24, 2.45) is 0 Å². The highest BCUT2D eigenvalue weighted by Gasteiger charge is 2.07. The van der Waals surface area contributed by atoms with Crippen LogP contribution in [-0.4, -0.2) is 72.7 Å². The van der Waals surface area contributed by atoms with Crippen LogP contribution in [0.1, 0.15) is 55.0 Å². The highest BCUT2D eigenvalue weighted by molar-refractivity contribution is 5.75. The number of hydrogen-bond acceptors (Lipinski definition) is 5. The van der Waals surface area contributed by atoms with Gasteiger partial charge in [-0.05, 0) is 51.9 Å². The Morgan fingerprint density at radius 2 is 1.65 bits per heavy atom. The van der Waals surface area contributed by atoms with Gasteiger partial charge in [-0.25, -0.2) is 0 Å². The van der Waals surface area contributed by atoms with Crippen LogP contribution in [0.2, 0.25) is 0 Å². The Hall–Kier alpha value is -1.70. The van der Waals surface area contributed by atoms with Gasteiger partial charge in [-0.1, -0.05) is 13.8 Å². The molecule has 1 amide bonds. The molecule has 1 heterocycles. The van der Waals surface area contributed by atoms with Crippen LogP contribution < -0.4 is 5.32 Å². The lowest BCUT2D eigenvalue weighted by atomic mass is 10.1. The smallest absolute Gasteiger partial charge is 0.219 e. The van der Waals surface area contributed by atoms with Crippen LogP contribution in [0.25, 0.3) is 0 Å². The summed E-state index contributed by atoms with van der Waals surface area (Å²) in [6, 6.07) is 0. The number of carbonyl (C=O) groups is 2. The summed E-state index contributed by atoms with van der Waals surface area (Å²) in [6.45, 7) is 13.1. The number of hydrogen-bond donors (Lipinski definition) is 4. The molecular formula is C19H39N3O4. The van der Waals surface area contributed by atoms with Crippen molar-refractivity contribution in [3.8, 4) is 0 Å². The third-order valence-corrected chi connectivity index (χ3v) is 3.50. The predicted octanol–water partition coefficient (Wildman–Crippen LogP) is 1.69. The molecule has 7 heteroatoms. The Labute approximate surface area is 158 Å². The zero-order valence-corrected chi connectivity index (χ0v) is 17.8. The minimum absolute atomic E-state index is 0.0148. The zero-order chi connectivity index (χ0) is 21.1. The number of aromatic amines is 1. The standard InChI is InChI=1S/C9H13NO.C5H11NO2.C3H9N.C2H6O/c1-4-8-6(2)7(3)9(5-11)10-8;1-5(8)6(2)3-4-7;1-3-4-2;1-2-3/h5,10H,4H2,1-3H3;7H,3-4H2,1-2H3;4H,3H2,1-2H3;3H,2H2,1H3. The molecule has 154 valence electrons. The van der Waals surface area contributed by atoms with Crippen LogP contribution in [0.5, 0.6) is 0 Å². The molecule has 0 atom stereocenters. The lowest BCUT2D eigenvalue weighted by molar-refractivity contribution is -0.127. The number of likely N-dealkylation sites (N-methyl/N-ethyl adjacent to an activating group) is 1. The molecule has 4 N–H and O–H groups in total. The molecule has 7 nitrogen and oxygen atoms in total. The first kappa shape index (κ1) is 29.1. The van der Waals surface area contributed by atoms with Gasteiger partial charge in [0.2, 0.25) is 5.91 Å². The molecule has 0 aromatic carbocycles. The van der Waals surface area contributed by atoms with E-state index in [2.05, 4.69) is 24.1 Å². The molecule has 1 aromatic heterocycles. The van der Waals surface area contributed by atoms with Crippen molar-refractivity contribution in [3.05, 3.63) is 22.5 Å². The van der Waals surface area contributed by atoms with Crippen molar-refractivity contribution in [1.82, 2.24) is 15.2 Å². The molecule has 0 saturated heterocycles. The Morgan fingerprint density at radius 1 is 1.19 bits per heavy atom. The van der Waals surface area contributed by atoms with E-state index in [0.717, 1.165) is 30.5 Å². The first-order valence-corrected chi connectivity index (χ1v) is 8.93. The van der Waals surface area contributed by atoms with Crippen molar-refractivity contribution >= 4 is 12.2 Å². The van der Waals surface area contributed by atoms with Gasteiger partial charge in [0.1, 0.15) is 0 Å². The van der Waals surface area contributed by atoms with Crippen molar-refractivity contribution in [2.75, 3.05) is 40.4 Å². The Balaban J connectivity index is -0.000000309. The van der Waals surface area contributed by atoms with Gasteiger partial charge in [0, 0.05) is 32.8 Å². The van der Waals surface area contributed by atoms with Crippen molar-refractivity contribution < 1.29 is 19.8 Å². The fourth-order valence-corrected chi connectivity index (χ4v) is 1.56. The van der Waals surface area contributed by atoms with Crippen LogP contribution in [0.15, 0.2) is 0 Å². The maximum Gasteiger partial charge on any atom is 0.219 e. The van der Waals surface area contributed by atoms with Crippen molar-refractivity contribution in [3.63, 3.8) is 0 Å². The van der Waals surface area contributed by atoms with Crippen molar-refractivity contribution in [1.29, 1.82) is 0 Å². The number of nitrogens with zero attached hydrogens (tertiary/aromatic N) is 1. The number of aliphatic hydroxyl groups excluding tert-OH is 2. The Kier molecular flexibility index (Phi) is 21.9. The summed E-state index contributed by atoms with van der Waals surface area (Å²) in [5.41, 5.74) is 4.19. The number of nitrogens with one attached hydrogen (secondary N) is 2. The second-order valence-corrected chi connectivity index (χ2v) is 5.43. The maximum atomic E-state index is 10.5. The average Bonchev–Trinajstić information content (AvgIpc) is 2.90. The minimum atomic E-state index is -0.0148. The minimum Gasteiger partial charge on any atom is -0.397 e. The van der Waals surface area contributed by atoms with Gasteiger partial charge in [0.05, 0.1) is 12.3 Å². The molecule has 0 fully saturated rings. The van der Waals surface area contributed by atoms with Gasteiger partial charge in [0.25, 0.3) is 0 Å². The molecule has 1 aromatic rings. The SMILES string of the molecule is CC(=O)N(C)CCO.CCNC.CCO.CCc1[nH]c(C=O)c(C)c1C. The van der Waals surface area contributed by atoms with E-state index < -0.39 is 0 Å². The van der Waals surface area contributed by atoms with E-state index in [1.807, 2.05) is 20.9 Å². The van der Waals surface area contributed by atoms with Gasteiger partial charge < -0.3 is 25.4 Å². The first-order valence-electron chi connectivity index (χ1n) is 8.93. The summed E-state index contributed by atoms with van der Waals surface area (Å²) in [5, 5.41) is 18.8. The fraction of sp³-hybridized carbons (Fsp3) is 0.684. The maximum absolute atomic E-state index is 10.5. The molecule has 0 bridgehead atoms. The number of carbonyl (C=O) groups excluding carboxylic acids is 2. The van der Waals surface area contributed by atoms with Crippen LogP contribution in [-0.2, 0) is 11.2 Å². The molecule has 0 aliphatic carbocycles. The topological polar surface area (TPSA) is 106 Å². The molecule has 0 radical (unpaired) electrons. The molecular weight excluding hydrogens is 334 g/mol. The number of aryl methyl sites for hydroxylation is 1. The lowest BCUT2D eigenvalue weighted by Crippen LogP contribution is -2.26. The second kappa shape index (κ2) is 19.6. The van der Waals surface area contributed by atoms with Crippen molar-refractivity contribution in [2.45, 2.75) is 48.0 Å². The predicted molar refractivity (Wildman–Crippen MR) is 108 cm³/mol. The average molecular weight is 374 g/mol. The van der Waals surface area contributed by atoms with Gasteiger partial charge in [-0.15, -0.1) is 0 Å². The highest BCUT2D eigenvalue weighted by Crippen LogP contribution is 2.15. The summed E-state index contributed by atoms with van der Waals surface area (Å²) in [5.74, 6) is -0.0148. The third kappa shape index (κ3) is 14.6. The quantitative estimate of drug-likeness (QED) is 0.588. The summed E-state index contributed by atoms with van der Waals surface area (Å²) in [6.07, 6.45) is 1.84. The van der Waals surface area contributed by atoms with E-state index in [0.29, 0.717) is 6.54 Å². The largest absolute Gasteiger partial charge is 0.397 e. The monoisotopic (exact) mass is 373 g/mol. The number of H-pyrrole nitrogens is 1. The van der Waals surface area contributed by atoms with Gasteiger partial charge in [0.15, 0.2) is 6.29 Å². The van der Waals surface area contributed by atoms with Gasteiger partial charge in [-0.2, -0.15) is 0 Å². The molecule has 0 aliphatic rings. The van der Waals surface area contributed by atoms with E-state index in [9.17, 15) is 9.59 Å². The number of aromatic nitrogens is 1. The van der Waals surface area contributed by atoms with Crippen LogP contribution in [0, 0.1) is 13.8 Å². The third-order valence-electron chi connectivity index (χ3n) is 3.50. The van der Waals surface area contributed by atoms with Crippen LogP contribution in [0.4, 0.5) is 0 Å². The Bertz CT molecular complexity index is 472. The lowest BCUT2D eigenvalue weighted by Gasteiger charge is -2.11. The summed E-state index contributed by atoms with van der Waals surface area (Å²) >= 11 is 0. The van der Waals surface area contributed by atoms with Crippen LogP contribution in [0.3, 0.4) is 0 Å². The molecule has 26 heavy (non-hydrogen) atoms. The highest BCUT2D eigenvalue weighted by atomic mass is 16.3. The molecule has 0 unspecified atom stereocenters. The molecule has 1 rings (SSSR count). The molecule has 0 aliphatic heterocycles. The molecule has 0 spiro atoms. The number of rotatable bonds is 5. The number of aliphatic hydroxyl groups is 2. The van der Waals surface area contributed by atoms with E-state index in [4.69, 9.17) is 10.2 Å². The van der Waals surface area contributed by atoms with E-state index in [1.165, 1.54) is 23.1 Å². The number of amides is 1. The first-order chi connectivity index (χ1) is 12.2. The van der Waals surface area contributed by atoms with Gasteiger partial charge >= 0.3 is 0 Å². The number of aldehydes is 1. The second-order valence-electron chi connectivity index (χ2n) is 5.43. The van der Waals surface area contributed by atoms with Gasteiger partial charge in [-0.3, -0.25) is 9.59 Å². The van der Waals surface area contributed by atoms with E-state index in [-0.39, 0.29) is 19.1 Å². The fourth-order valence-electron chi connectivity index (χ4n) is 1.56. The summed E-state index contributed by atoms with van der Waals surface area (Å²) in [4.78, 5) is 25.4. The van der Waals surface area contributed by atoms with E-state index >= 15 is 0 Å². The zero-order valence-electron chi connectivity index (χ0n) is 17.8. The summed E-state index contributed by atoms with van der Waals surface area (Å²) < 4.78 is 0. The van der Waals surface area contributed by atoms with Crippen LogP contribution >= 0.6 is 0 Å². The molecule has 0 saturated carbocycles. The normalized spacial score (nSPS) is 8.85.